The average molecular weight is 418 g/mol. The molecule has 2 aromatic carbocycles. The lowest BCUT2D eigenvalue weighted by molar-refractivity contribution is 0.311. The van der Waals surface area contributed by atoms with Crippen LogP contribution in [0, 0.1) is 5.82 Å². The molecule has 0 amide bonds. The first-order chi connectivity index (χ1) is 15.2. The van der Waals surface area contributed by atoms with Gasteiger partial charge in [0, 0.05) is 24.0 Å². The highest BCUT2D eigenvalue weighted by Crippen LogP contribution is 2.34. The molecule has 3 heterocycles. The SMILES string of the molecule is CN1CCOc2ccc(Nc3nc(Nc4ccc(-c5cnco5)cc4)ncc3F)cc21. The van der Waals surface area contributed by atoms with Crippen molar-refractivity contribution in [3.05, 3.63) is 67.1 Å². The summed E-state index contributed by atoms with van der Waals surface area (Å²) in [6, 6.07) is 13.1. The number of halogens is 1. The third-order valence-electron chi connectivity index (χ3n) is 4.92. The molecule has 0 unspecified atom stereocenters. The largest absolute Gasteiger partial charge is 0.490 e. The molecule has 2 N–H and O–H groups in total. The van der Waals surface area contributed by atoms with Crippen molar-refractivity contribution in [2.24, 2.45) is 0 Å². The van der Waals surface area contributed by atoms with Crippen LogP contribution in [-0.4, -0.2) is 35.2 Å². The molecule has 5 rings (SSSR count). The normalized spacial score (nSPS) is 12.8. The van der Waals surface area contributed by atoms with Gasteiger partial charge >= 0.3 is 0 Å². The second kappa shape index (κ2) is 7.94. The van der Waals surface area contributed by atoms with Gasteiger partial charge in [0.2, 0.25) is 5.95 Å². The minimum Gasteiger partial charge on any atom is -0.490 e. The van der Waals surface area contributed by atoms with Crippen molar-refractivity contribution in [1.82, 2.24) is 15.0 Å². The molecule has 31 heavy (non-hydrogen) atoms. The monoisotopic (exact) mass is 418 g/mol. The Morgan fingerprint density at radius 1 is 1.03 bits per heavy atom. The Bertz CT molecular complexity index is 1200. The number of likely N-dealkylation sites (N-methyl/N-ethyl adjacent to an activating group) is 1. The van der Waals surface area contributed by atoms with Crippen molar-refractivity contribution in [2.75, 3.05) is 35.7 Å². The summed E-state index contributed by atoms with van der Waals surface area (Å²) in [6.07, 6.45) is 4.16. The third-order valence-corrected chi connectivity index (χ3v) is 4.92. The van der Waals surface area contributed by atoms with Crippen molar-refractivity contribution in [1.29, 1.82) is 0 Å². The molecule has 0 bridgehead atoms. The van der Waals surface area contributed by atoms with Crippen LogP contribution >= 0.6 is 0 Å². The molecule has 4 aromatic rings. The van der Waals surface area contributed by atoms with E-state index < -0.39 is 5.82 Å². The molecule has 8 nitrogen and oxygen atoms in total. The minimum atomic E-state index is -0.548. The maximum atomic E-state index is 14.4. The predicted octanol–water partition coefficient (Wildman–Crippen LogP) is 4.59. The number of ether oxygens (including phenoxy) is 1. The minimum absolute atomic E-state index is 0.0788. The van der Waals surface area contributed by atoms with Gasteiger partial charge in [-0.3, -0.25) is 0 Å². The highest BCUT2D eigenvalue weighted by molar-refractivity contribution is 5.70. The number of benzene rings is 2. The smallest absolute Gasteiger partial charge is 0.229 e. The van der Waals surface area contributed by atoms with Crippen molar-refractivity contribution < 1.29 is 13.5 Å². The van der Waals surface area contributed by atoms with Gasteiger partial charge in [-0.2, -0.15) is 4.98 Å². The molecule has 0 fully saturated rings. The quantitative estimate of drug-likeness (QED) is 0.487. The fraction of sp³-hybridized carbons (Fsp3) is 0.136. The van der Waals surface area contributed by atoms with Gasteiger partial charge in [0.05, 0.1) is 24.6 Å². The van der Waals surface area contributed by atoms with Crippen LogP contribution in [-0.2, 0) is 0 Å². The molecule has 0 atom stereocenters. The highest BCUT2D eigenvalue weighted by atomic mass is 19.1. The number of oxazole rings is 1. The number of rotatable bonds is 5. The Labute approximate surface area is 177 Å². The van der Waals surface area contributed by atoms with Crippen LogP contribution in [0.2, 0.25) is 0 Å². The zero-order valence-corrected chi connectivity index (χ0v) is 16.7. The van der Waals surface area contributed by atoms with Crippen molar-refractivity contribution in [3.63, 3.8) is 0 Å². The molecule has 2 aromatic heterocycles. The van der Waals surface area contributed by atoms with E-state index in [2.05, 4.69) is 30.5 Å². The van der Waals surface area contributed by atoms with Crippen LogP contribution in [0.1, 0.15) is 0 Å². The number of hydrogen-bond donors (Lipinski definition) is 2. The number of nitrogens with one attached hydrogen (secondary N) is 2. The Morgan fingerprint density at radius 3 is 2.68 bits per heavy atom. The summed E-state index contributed by atoms with van der Waals surface area (Å²) in [5, 5.41) is 6.11. The Balaban J connectivity index is 1.34. The lowest BCUT2D eigenvalue weighted by Gasteiger charge is -2.28. The molecular weight excluding hydrogens is 399 g/mol. The fourth-order valence-corrected chi connectivity index (χ4v) is 3.29. The number of anilines is 5. The molecule has 9 heteroatoms. The average Bonchev–Trinajstić information content (AvgIpc) is 3.32. The van der Waals surface area contributed by atoms with Gasteiger partial charge in [0.25, 0.3) is 0 Å². The van der Waals surface area contributed by atoms with E-state index in [1.54, 1.807) is 6.20 Å². The number of fused-ring (bicyclic) bond motifs is 1. The summed E-state index contributed by atoms with van der Waals surface area (Å²) in [6.45, 7) is 1.44. The molecule has 0 saturated carbocycles. The standard InChI is InChI=1S/C22H19FN6O2/c1-29-8-9-30-19-7-6-16(10-18(19)29)26-21-17(23)11-25-22(28-21)27-15-4-2-14(3-5-15)20-12-24-13-31-20/h2-7,10-13H,8-9H2,1H3,(H2,25,26,27,28). The Kier molecular flexibility index (Phi) is 4.83. The molecule has 156 valence electrons. The van der Waals surface area contributed by atoms with Crippen LogP contribution in [0.3, 0.4) is 0 Å². The van der Waals surface area contributed by atoms with Gasteiger partial charge in [-0.25, -0.2) is 14.4 Å². The Morgan fingerprint density at radius 2 is 1.87 bits per heavy atom. The molecule has 1 aliphatic heterocycles. The summed E-state index contributed by atoms with van der Waals surface area (Å²) in [7, 11) is 1.99. The van der Waals surface area contributed by atoms with E-state index in [1.165, 1.54) is 6.39 Å². The second-order valence-corrected chi connectivity index (χ2v) is 7.04. The van der Waals surface area contributed by atoms with Gasteiger partial charge < -0.3 is 24.7 Å². The summed E-state index contributed by atoms with van der Waals surface area (Å²) in [5.74, 6) is 1.29. The highest BCUT2D eigenvalue weighted by Gasteiger charge is 2.16. The summed E-state index contributed by atoms with van der Waals surface area (Å²) in [5.41, 5.74) is 3.30. The summed E-state index contributed by atoms with van der Waals surface area (Å²) >= 11 is 0. The van der Waals surface area contributed by atoms with Gasteiger partial charge in [0.15, 0.2) is 23.8 Å². The molecule has 1 aliphatic rings. The molecule has 0 saturated heterocycles. The van der Waals surface area contributed by atoms with Gasteiger partial charge in [-0.05, 0) is 42.5 Å². The molecule has 0 radical (unpaired) electrons. The van der Waals surface area contributed by atoms with Crippen LogP contribution in [0.25, 0.3) is 11.3 Å². The van der Waals surface area contributed by atoms with Crippen molar-refractivity contribution >= 4 is 28.8 Å². The lowest BCUT2D eigenvalue weighted by Crippen LogP contribution is -2.28. The predicted molar refractivity (Wildman–Crippen MR) is 116 cm³/mol. The van der Waals surface area contributed by atoms with Crippen molar-refractivity contribution in [3.8, 4) is 17.1 Å². The van der Waals surface area contributed by atoms with Gasteiger partial charge in [0.1, 0.15) is 12.4 Å². The lowest BCUT2D eigenvalue weighted by atomic mass is 10.2. The number of aromatic nitrogens is 3. The van der Waals surface area contributed by atoms with Crippen LogP contribution in [0.5, 0.6) is 5.75 Å². The van der Waals surface area contributed by atoms with E-state index in [-0.39, 0.29) is 11.8 Å². The van der Waals surface area contributed by atoms with Crippen LogP contribution in [0.15, 0.2) is 65.7 Å². The first-order valence-corrected chi connectivity index (χ1v) is 9.69. The van der Waals surface area contributed by atoms with E-state index in [0.29, 0.717) is 18.1 Å². The van der Waals surface area contributed by atoms with Gasteiger partial charge in [-0.1, -0.05) is 0 Å². The summed E-state index contributed by atoms with van der Waals surface area (Å²) < 4.78 is 25.3. The summed E-state index contributed by atoms with van der Waals surface area (Å²) in [4.78, 5) is 14.3. The zero-order valence-electron chi connectivity index (χ0n) is 16.7. The van der Waals surface area contributed by atoms with Crippen molar-refractivity contribution in [2.45, 2.75) is 0 Å². The number of hydrogen-bond acceptors (Lipinski definition) is 8. The second-order valence-electron chi connectivity index (χ2n) is 7.04. The first-order valence-electron chi connectivity index (χ1n) is 9.69. The van der Waals surface area contributed by atoms with Crippen LogP contribution < -0.4 is 20.3 Å². The number of nitrogens with zero attached hydrogens (tertiary/aromatic N) is 4. The van der Waals surface area contributed by atoms with Crippen LogP contribution in [0.4, 0.5) is 33.2 Å². The van der Waals surface area contributed by atoms with Gasteiger partial charge in [-0.15, -0.1) is 0 Å². The maximum Gasteiger partial charge on any atom is 0.229 e. The topological polar surface area (TPSA) is 88.3 Å². The fourth-order valence-electron chi connectivity index (χ4n) is 3.29. The third kappa shape index (κ3) is 3.97. The Hall–Kier alpha value is -4.14. The first kappa shape index (κ1) is 18.9. The van der Waals surface area contributed by atoms with E-state index in [9.17, 15) is 4.39 Å². The van der Waals surface area contributed by atoms with E-state index in [4.69, 9.17) is 9.15 Å². The maximum absolute atomic E-state index is 14.4. The van der Waals surface area contributed by atoms with E-state index >= 15 is 0 Å². The molecular formula is C22H19FN6O2. The van der Waals surface area contributed by atoms with E-state index in [0.717, 1.165) is 35.4 Å². The molecule has 0 aliphatic carbocycles. The molecule has 0 spiro atoms. The zero-order chi connectivity index (χ0) is 21.2. The van der Waals surface area contributed by atoms with E-state index in [1.807, 2.05) is 49.5 Å².